The predicted molar refractivity (Wildman–Crippen MR) is 109 cm³/mol. The van der Waals surface area contributed by atoms with Gasteiger partial charge in [0.25, 0.3) is 0 Å². The third-order valence-electron chi connectivity index (χ3n) is 5.83. The van der Waals surface area contributed by atoms with Gasteiger partial charge in [-0.25, -0.2) is 0 Å². The van der Waals surface area contributed by atoms with Gasteiger partial charge in [0, 0.05) is 17.8 Å². The summed E-state index contributed by atoms with van der Waals surface area (Å²) < 4.78 is 4.88. The third kappa shape index (κ3) is 6.40. The van der Waals surface area contributed by atoms with Crippen LogP contribution in [0, 0.1) is 5.92 Å². The molecule has 1 N–H and O–H groups in total. The summed E-state index contributed by atoms with van der Waals surface area (Å²) in [6.07, 6.45) is 6.85. The van der Waals surface area contributed by atoms with Gasteiger partial charge in [0.1, 0.15) is 12.2 Å². The quantitative estimate of drug-likeness (QED) is 0.458. The number of carbonyl (C=O) groups is 2. The Morgan fingerprint density at radius 2 is 1.75 bits per heavy atom. The molecule has 0 aromatic carbocycles. The number of pyridine rings is 1. The Hall–Kier alpha value is -1.75. The van der Waals surface area contributed by atoms with E-state index >= 15 is 0 Å². The standard InChI is InChI=1S/C23H35NO4/c1-4-19-13-17(14-20(5-2)24-19)11-12-23(27,18-9-7-8-10-18)16-21(25)15-22(26)28-6-3/h13-14,18,27H,4-12,15-16H2,1-3H3/t23-/m1/s1. The van der Waals surface area contributed by atoms with Crippen molar-refractivity contribution in [3.05, 3.63) is 29.1 Å². The zero-order chi connectivity index (χ0) is 20.6. The van der Waals surface area contributed by atoms with Crippen molar-refractivity contribution in [2.24, 2.45) is 5.92 Å². The Morgan fingerprint density at radius 1 is 1.14 bits per heavy atom. The highest BCUT2D eigenvalue weighted by Gasteiger charge is 2.39. The van der Waals surface area contributed by atoms with Gasteiger partial charge in [-0.15, -0.1) is 0 Å². The van der Waals surface area contributed by atoms with E-state index in [1.807, 2.05) is 0 Å². The van der Waals surface area contributed by atoms with Crippen LogP contribution in [-0.2, 0) is 33.6 Å². The Labute approximate surface area is 168 Å². The first-order valence-electron chi connectivity index (χ1n) is 10.8. The smallest absolute Gasteiger partial charge is 0.313 e. The molecule has 1 saturated carbocycles. The van der Waals surface area contributed by atoms with Crippen LogP contribution in [-0.4, -0.2) is 34.1 Å². The number of ether oxygens (including phenoxy) is 1. The van der Waals surface area contributed by atoms with E-state index in [0.29, 0.717) is 12.8 Å². The zero-order valence-corrected chi connectivity index (χ0v) is 17.6. The fourth-order valence-electron chi connectivity index (χ4n) is 4.26. The van der Waals surface area contributed by atoms with E-state index in [-0.39, 0.29) is 31.1 Å². The summed E-state index contributed by atoms with van der Waals surface area (Å²) in [7, 11) is 0. The Kier molecular flexibility index (Phi) is 8.61. The molecule has 1 atom stereocenters. The second-order valence-corrected chi connectivity index (χ2v) is 7.95. The molecule has 1 fully saturated rings. The lowest BCUT2D eigenvalue weighted by Gasteiger charge is -2.34. The summed E-state index contributed by atoms with van der Waals surface area (Å²) in [5.74, 6) is -0.613. The fraction of sp³-hybridized carbons (Fsp3) is 0.696. The molecule has 28 heavy (non-hydrogen) atoms. The first-order valence-corrected chi connectivity index (χ1v) is 10.8. The van der Waals surface area contributed by atoms with Gasteiger partial charge < -0.3 is 9.84 Å². The minimum Gasteiger partial charge on any atom is -0.466 e. The van der Waals surface area contributed by atoms with Crippen molar-refractivity contribution >= 4 is 11.8 Å². The SMILES string of the molecule is CCOC(=O)CC(=O)C[C@](O)(CCc1cc(CC)nc(CC)c1)C1CCCC1. The molecule has 1 aromatic rings. The van der Waals surface area contributed by atoms with Crippen LogP contribution in [0.2, 0.25) is 0 Å². The van der Waals surface area contributed by atoms with Crippen molar-refractivity contribution < 1.29 is 19.4 Å². The van der Waals surface area contributed by atoms with Gasteiger partial charge in [-0.2, -0.15) is 0 Å². The molecule has 1 aromatic heterocycles. The number of nitrogens with zero attached hydrogens (tertiary/aromatic N) is 1. The highest BCUT2D eigenvalue weighted by Crippen LogP contribution is 2.39. The molecule has 5 heteroatoms. The molecule has 0 saturated heterocycles. The van der Waals surface area contributed by atoms with Crippen LogP contribution >= 0.6 is 0 Å². The molecule has 156 valence electrons. The summed E-state index contributed by atoms with van der Waals surface area (Å²) in [4.78, 5) is 28.7. The molecule has 5 nitrogen and oxygen atoms in total. The summed E-state index contributed by atoms with van der Waals surface area (Å²) in [5.41, 5.74) is 2.24. The van der Waals surface area contributed by atoms with Crippen molar-refractivity contribution in [2.75, 3.05) is 6.61 Å². The molecular formula is C23H35NO4. The van der Waals surface area contributed by atoms with Gasteiger partial charge in [0.15, 0.2) is 0 Å². The number of aliphatic hydroxyl groups is 1. The van der Waals surface area contributed by atoms with Crippen molar-refractivity contribution in [2.45, 2.75) is 90.6 Å². The van der Waals surface area contributed by atoms with Crippen molar-refractivity contribution in [3.8, 4) is 0 Å². The molecule has 0 spiro atoms. The van der Waals surface area contributed by atoms with Gasteiger partial charge in [-0.3, -0.25) is 14.6 Å². The maximum absolute atomic E-state index is 12.4. The number of Topliss-reactive ketones (excluding diaryl/α,β-unsaturated/α-hetero) is 1. The van der Waals surface area contributed by atoms with Crippen LogP contribution in [0.15, 0.2) is 12.1 Å². The Bertz CT molecular complexity index is 644. The molecule has 0 amide bonds. The molecule has 0 aliphatic heterocycles. The van der Waals surface area contributed by atoms with E-state index < -0.39 is 11.6 Å². The molecule has 1 heterocycles. The largest absolute Gasteiger partial charge is 0.466 e. The van der Waals surface area contributed by atoms with Crippen LogP contribution in [0.1, 0.15) is 82.7 Å². The van der Waals surface area contributed by atoms with E-state index in [1.165, 1.54) is 0 Å². The topological polar surface area (TPSA) is 76.5 Å². The van der Waals surface area contributed by atoms with E-state index in [1.54, 1.807) is 6.92 Å². The first kappa shape index (κ1) is 22.5. The van der Waals surface area contributed by atoms with Crippen LogP contribution in [0.3, 0.4) is 0 Å². The maximum atomic E-state index is 12.4. The zero-order valence-electron chi connectivity index (χ0n) is 17.6. The number of aryl methyl sites for hydroxylation is 3. The molecule has 0 bridgehead atoms. The van der Waals surface area contributed by atoms with E-state index in [4.69, 9.17) is 4.74 Å². The van der Waals surface area contributed by atoms with Gasteiger partial charge in [0.05, 0.1) is 12.2 Å². The molecular weight excluding hydrogens is 354 g/mol. The van der Waals surface area contributed by atoms with Crippen LogP contribution < -0.4 is 0 Å². The highest BCUT2D eigenvalue weighted by molar-refractivity contribution is 5.96. The summed E-state index contributed by atoms with van der Waals surface area (Å²) in [5, 5.41) is 11.4. The number of hydrogen-bond donors (Lipinski definition) is 1. The van der Waals surface area contributed by atoms with Gasteiger partial charge in [-0.05, 0) is 69.1 Å². The molecule has 1 aliphatic rings. The van der Waals surface area contributed by atoms with Gasteiger partial charge in [0.2, 0.25) is 0 Å². The summed E-state index contributed by atoms with van der Waals surface area (Å²) in [6, 6.07) is 4.21. The first-order chi connectivity index (χ1) is 13.4. The van der Waals surface area contributed by atoms with E-state index in [0.717, 1.165) is 55.5 Å². The number of hydrogen-bond acceptors (Lipinski definition) is 5. The number of ketones is 1. The normalized spacial score (nSPS) is 16.7. The van der Waals surface area contributed by atoms with E-state index in [2.05, 4.69) is 31.0 Å². The Morgan fingerprint density at radius 3 is 2.29 bits per heavy atom. The predicted octanol–water partition coefficient (Wildman–Crippen LogP) is 3.97. The van der Waals surface area contributed by atoms with Crippen molar-refractivity contribution in [3.63, 3.8) is 0 Å². The highest BCUT2D eigenvalue weighted by atomic mass is 16.5. The number of rotatable bonds is 11. The second-order valence-electron chi connectivity index (χ2n) is 7.95. The molecule has 0 unspecified atom stereocenters. The minimum atomic E-state index is -1.05. The summed E-state index contributed by atoms with van der Waals surface area (Å²) in [6.45, 7) is 6.17. The third-order valence-corrected chi connectivity index (χ3v) is 5.83. The number of esters is 1. The molecule has 2 rings (SSSR count). The summed E-state index contributed by atoms with van der Waals surface area (Å²) >= 11 is 0. The lowest BCUT2D eigenvalue weighted by molar-refractivity contribution is -0.147. The Balaban J connectivity index is 2.10. The fourth-order valence-corrected chi connectivity index (χ4v) is 4.26. The van der Waals surface area contributed by atoms with Gasteiger partial charge in [-0.1, -0.05) is 26.7 Å². The lowest BCUT2D eigenvalue weighted by atomic mass is 9.77. The number of aromatic nitrogens is 1. The van der Waals surface area contributed by atoms with Crippen LogP contribution in [0.4, 0.5) is 0 Å². The van der Waals surface area contributed by atoms with Crippen molar-refractivity contribution in [1.82, 2.24) is 4.98 Å². The minimum absolute atomic E-state index is 0.0306. The second kappa shape index (κ2) is 10.7. The average Bonchev–Trinajstić information content (AvgIpc) is 3.21. The number of carbonyl (C=O) groups excluding carboxylic acids is 2. The molecule has 1 aliphatic carbocycles. The van der Waals surface area contributed by atoms with E-state index in [9.17, 15) is 14.7 Å². The van der Waals surface area contributed by atoms with Crippen LogP contribution in [0.25, 0.3) is 0 Å². The monoisotopic (exact) mass is 389 g/mol. The average molecular weight is 390 g/mol. The maximum Gasteiger partial charge on any atom is 0.313 e. The molecule has 0 radical (unpaired) electrons. The lowest BCUT2D eigenvalue weighted by Crippen LogP contribution is -2.40. The van der Waals surface area contributed by atoms with Crippen molar-refractivity contribution in [1.29, 1.82) is 0 Å². The van der Waals surface area contributed by atoms with Crippen LogP contribution in [0.5, 0.6) is 0 Å². The van der Waals surface area contributed by atoms with Gasteiger partial charge >= 0.3 is 5.97 Å².